The van der Waals surface area contributed by atoms with E-state index >= 15 is 0 Å². The summed E-state index contributed by atoms with van der Waals surface area (Å²) in [5.74, 6) is -0.0652. The predicted molar refractivity (Wildman–Crippen MR) is 79.0 cm³/mol. The molecule has 0 aromatic heterocycles. The highest BCUT2D eigenvalue weighted by Gasteiger charge is 2.46. The van der Waals surface area contributed by atoms with Crippen molar-refractivity contribution in [2.24, 2.45) is 0 Å². The molecule has 0 saturated carbocycles. The minimum atomic E-state index is -1.56. The van der Waals surface area contributed by atoms with Gasteiger partial charge in [-0.25, -0.2) is 4.79 Å². The van der Waals surface area contributed by atoms with Crippen molar-refractivity contribution in [2.45, 2.75) is 64.9 Å². The molecule has 0 radical (unpaired) electrons. The zero-order valence-electron chi connectivity index (χ0n) is 13.4. The van der Waals surface area contributed by atoms with Crippen LogP contribution in [0, 0.1) is 0 Å². The van der Waals surface area contributed by atoms with Crippen molar-refractivity contribution in [1.29, 1.82) is 0 Å². The quantitative estimate of drug-likeness (QED) is 0.583. The molecule has 0 spiro atoms. The molecule has 110 valence electrons. The Morgan fingerprint density at radius 2 is 1.60 bits per heavy atom. The number of fused-ring (bicyclic) bond motifs is 1. The molecule has 3 nitrogen and oxygen atoms in total. The molecule has 1 aliphatic rings. The van der Waals surface area contributed by atoms with Crippen LogP contribution in [0.25, 0.3) is 0 Å². The maximum absolute atomic E-state index is 11.9. The largest absolute Gasteiger partial charge is 0.423 e. The number of aliphatic hydroxyl groups is 1. The standard InChI is InChI=1S/C17H24O3/c1-15(2,3)10-8-11(16(4,5)6)13-12(9-10)17(7,19)14(18)20-13/h8-9,19H,1-7H3. The lowest BCUT2D eigenvalue weighted by atomic mass is 9.77. The maximum atomic E-state index is 11.9. The molecular weight excluding hydrogens is 252 g/mol. The van der Waals surface area contributed by atoms with Gasteiger partial charge in [-0.2, -0.15) is 0 Å². The van der Waals surface area contributed by atoms with Crippen molar-refractivity contribution in [3.8, 4) is 5.75 Å². The van der Waals surface area contributed by atoms with Crippen molar-refractivity contribution < 1.29 is 14.6 Å². The summed E-state index contributed by atoms with van der Waals surface area (Å²) in [6.45, 7) is 14.1. The van der Waals surface area contributed by atoms with Crippen LogP contribution < -0.4 is 4.74 Å². The van der Waals surface area contributed by atoms with Crippen molar-refractivity contribution >= 4 is 5.97 Å². The summed E-state index contributed by atoms with van der Waals surface area (Å²) in [4.78, 5) is 11.9. The Balaban J connectivity index is 2.79. The van der Waals surface area contributed by atoms with Gasteiger partial charge in [0.2, 0.25) is 0 Å². The summed E-state index contributed by atoms with van der Waals surface area (Å²) in [5.41, 5.74) is 0.866. The van der Waals surface area contributed by atoms with Crippen molar-refractivity contribution in [2.75, 3.05) is 0 Å². The Hall–Kier alpha value is -1.35. The van der Waals surface area contributed by atoms with Gasteiger partial charge in [0, 0.05) is 11.1 Å². The number of carbonyl (C=O) groups is 1. The van der Waals surface area contributed by atoms with Crippen molar-refractivity contribution in [3.05, 3.63) is 28.8 Å². The topological polar surface area (TPSA) is 46.5 Å². The Labute approximate surface area is 121 Å². The highest BCUT2D eigenvalue weighted by molar-refractivity contribution is 5.89. The Bertz CT molecular complexity index is 569. The van der Waals surface area contributed by atoms with Gasteiger partial charge in [-0.15, -0.1) is 0 Å². The van der Waals surface area contributed by atoms with Crippen LogP contribution in [0.5, 0.6) is 5.75 Å². The number of rotatable bonds is 0. The average Bonchev–Trinajstić information content (AvgIpc) is 2.46. The van der Waals surface area contributed by atoms with E-state index < -0.39 is 11.6 Å². The monoisotopic (exact) mass is 276 g/mol. The van der Waals surface area contributed by atoms with Crippen LogP contribution in [0.15, 0.2) is 12.1 Å². The molecule has 0 aliphatic carbocycles. The zero-order valence-corrected chi connectivity index (χ0v) is 13.4. The van der Waals surface area contributed by atoms with Crippen LogP contribution in [-0.2, 0) is 21.2 Å². The highest BCUT2D eigenvalue weighted by atomic mass is 16.6. The second kappa shape index (κ2) is 4.08. The lowest BCUT2D eigenvalue weighted by Gasteiger charge is -2.27. The maximum Gasteiger partial charge on any atom is 0.348 e. The molecule has 1 heterocycles. The van der Waals surface area contributed by atoms with Crippen LogP contribution in [0.3, 0.4) is 0 Å². The Kier molecular flexibility index (Phi) is 3.07. The molecule has 3 heteroatoms. The second-order valence-electron chi connectivity index (χ2n) is 7.86. The third-order valence-electron chi connectivity index (χ3n) is 3.88. The summed E-state index contributed by atoms with van der Waals surface area (Å²) >= 11 is 0. The molecule has 20 heavy (non-hydrogen) atoms. The smallest absolute Gasteiger partial charge is 0.348 e. The fourth-order valence-corrected chi connectivity index (χ4v) is 2.39. The molecule has 1 N–H and O–H groups in total. The Morgan fingerprint density at radius 3 is 2.05 bits per heavy atom. The van der Waals surface area contributed by atoms with E-state index in [9.17, 15) is 9.90 Å². The fraction of sp³-hybridized carbons (Fsp3) is 0.588. The second-order valence-corrected chi connectivity index (χ2v) is 7.86. The molecule has 1 aromatic carbocycles. The lowest BCUT2D eigenvalue weighted by molar-refractivity contribution is -0.150. The third kappa shape index (κ3) is 2.24. The highest BCUT2D eigenvalue weighted by Crippen LogP contribution is 2.46. The normalized spacial score (nSPS) is 22.7. The van der Waals surface area contributed by atoms with Crippen LogP contribution in [0.2, 0.25) is 0 Å². The van der Waals surface area contributed by atoms with E-state index in [0.717, 1.165) is 11.1 Å². The van der Waals surface area contributed by atoms with Gasteiger partial charge in [0.15, 0.2) is 5.60 Å². The minimum absolute atomic E-state index is 0.0588. The van der Waals surface area contributed by atoms with Gasteiger partial charge in [0.1, 0.15) is 5.75 Å². The molecular formula is C17H24O3. The van der Waals surface area contributed by atoms with E-state index in [1.165, 1.54) is 6.92 Å². The third-order valence-corrected chi connectivity index (χ3v) is 3.88. The van der Waals surface area contributed by atoms with Crippen LogP contribution in [-0.4, -0.2) is 11.1 Å². The van der Waals surface area contributed by atoms with E-state index in [4.69, 9.17) is 4.74 Å². The van der Waals surface area contributed by atoms with Gasteiger partial charge in [0.25, 0.3) is 0 Å². The number of carbonyl (C=O) groups excluding carboxylic acids is 1. The van der Waals surface area contributed by atoms with Crippen molar-refractivity contribution in [1.82, 2.24) is 0 Å². The fourth-order valence-electron chi connectivity index (χ4n) is 2.39. The molecule has 1 aromatic rings. The van der Waals surface area contributed by atoms with E-state index in [2.05, 4.69) is 47.6 Å². The van der Waals surface area contributed by atoms with E-state index in [0.29, 0.717) is 11.3 Å². The SMILES string of the molecule is CC(C)(C)c1cc(C(C)(C)C)c2c(c1)C(C)(O)C(=O)O2. The summed E-state index contributed by atoms with van der Waals surface area (Å²) < 4.78 is 5.36. The molecule has 1 atom stereocenters. The molecule has 0 bridgehead atoms. The number of benzene rings is 1. The molecule has 0 amide bonds. The average molecular weight is 276 g/mol. The molecule has 1 unspecified atom stereocenters. The molecule has 0 saturated heterocycles. The summed E-state index contributed by atoms with van der Waals surface area (Å²) in [6, 6.07) is 3.99. The number of hydrogen-bond acceptors (Lipinski definition) is 3. The van der Waals surface area contributed by atoms with Gasteiger partial charge in [-0.05, 0) is 29.4 Å². The van der Waals surface area contributed by atoms with E-state index in [1.54, 1.807) is 0 Å². The lowest BCUT2D eigenvalue weighted by Crippen LogP contribution is -2.29. The van der Waals surface area contributed by atoms with Gasteiger partial charge >= 0.3 is 5.97 Å². The van der Waals surface area contributed by atoms with Gasteiger partial charge < -0.3 is 9.84 Å². The first-order valence-electron chi connectivity index (χ1n) is 6.99. The minimum Gasteiger partial charge on any atom is -0.423 e. The summed E-state index contributed by atoms with van der Waals surface area (Å²) in [6.07, 6.45) is 0. The summed E-state index contributed by atoms with van der Waals surface area (Å²) in [7, 11) is 0. The molecule has 2 rings (SSSR count). The number of esters is 1. The van der Waals surface area contributed by atoms with E-state index in [-0.39, 0.29) is 10.8 Å². The first-order chi connectivity index (χ1) is 8.85. The Morgan fingerprint density at radius 1 is 1.05 bits per heavy atom. The number of hydrogen-bond donors (Lipinski definition) is 1. The summed E-state index contributed by atoms with van der Waals surface area (Å²) in [5, 5.41) is 10.4. The number of ether oxygens (including phenoxy) is 1. The van der Waals surface area contributed by atoms with Gasteiger partial charge in [-0.3, -0.25) is 0 Å². The predicted octanol–water partition coefficient (Wildman–Crippen LogP) is 3.41. The van der Waals surface area contributed by atoms with Gasteiger partial charge in [-0.1, -0.05) is 47.6 Å². The van der Waals surface area contributed by atoms with Crippen LogP contribution in [0.4, 0.5) is 0 Å². The first kappa shape index (κ1) is 15.0. The van der Waals surface area contributed by atoms with Gasteiger partial charge in [0.05, 0.1) is 0 Å². The zero-order chi connectivity index (χ0) is 15.5. The first-order valence-corrected chi connectivity index (χ1v) is 6.99. The van der Waals surface area contributed by atoms with Crippen LogP contribution >= 0.6 is 0 Å². The van der Waals surface area contributed by atoms with Crippen molar-refractivity contribution in [3.63, 3.8) is 0 Å². The molecule has 1 aliphatic heterocycles. The molecule has 0 fully saturated rings. The van der Waals surface area contributed by atoms with Crippen LogP contribution in [0.1, 0.15) is 65.2 Å². The van der Waals surface area contributed by atoms with E-state index in [1.807, 2.05) is 6.07 Å².